The summed E-state index contributed by atoms with van der Waals surface area (Å²) in [5.41, 5.74) is 9.64. The van der Waals surface area contributed by atoms with E-state index in [0.29, 0.717) is 0 Å². The van der Waals surface area contributed by atoms with Gasteiger partial charge in [0.15, 0.2) is 5.78 Å². The Morgan fingerprint density at radius 3 is 1.17 bits per heavy atom. The first-order valence-corrected chi connectivity index (χ1v) is 10.0. The number of carbonyl (C=O) groups is 1. The zero-order valence-electron chi connectivity index (χ0n) is 16.6. The molecule has 4 aromatic rings. The molecule has 0 saturated carbocycles. The van der Waals surface area contributed by atoms with Crippen LogP contribution in [0.15, 0.2) is 97.1 Å². The number of carbonyl (C=O) groups excluding carboxylic acids is 1. The molecule has 0 unspecified atom stereocenters. The summed E-state index contributed by atoms with van der Waals surface area (Å²) in [5, 5.41) is 0. The van der Waals surface area contributed by atoms with Crippen LogP contribution in [0.3, 0.4) is 0 Å². The van der Waals surface area contributed by atoms with Gasteiger partial charge in [-0.3, -0.25) is 4.79 Å². The molecule has 29 heavy (non-hydrogen) atoms. The Bertz CT molecular complexity index is 1150. The van der Waals surface area contributed by atoms with Crippen LogP contribution in [-0.4, -0.2) is 5.78 Å². The Labute approximate surface area is 171 Å². The number of rotatable bonds is 0. The van der Waals surface area contributed by atoms with E-state index in [9.17, 15) is 4.79 Å². The zero-order valence-corrected chi connectivity index (χ0v) is 16.6. The van der Waals surface area contributed by atoms with Crippen molar-refractivity contribution in [3.8, 4) is 22.3 Å². The highest BCUT2D eigenvalue weighted by atomic mass is 16.1. The van der Waals surface area contributed by atoms with Crippen LogP contribution in [0.5, 0.6) is 0 Å². The first kappa shape index (κ1) is 17.6. The number of ketones is 1. The van der Waals surface area contributed by atoms with Crippen molar-refractivity contribution in [2.45, 2.75) is 19.3 Å². The van der Waals surface area contributed by atoms with Crippen molar-refractivity contribution in [1.29, 1.82) is 0 Å². The molecule has 0 N–H and O–H groups in total. The summed E-state index contributed by atoms with van der Waals surface area (Å²) in [6, 6.07) is 33.0. The molecule has 0 radical (unpaired) electrons. The van der Waals surface area contributed by atoms with Gasteiger partial charge in [0.05, 0.1) is 0 Å². The lowest BCUT2D eigenvalue weighted by atomic mass is 9.82. The smallest absolute Gasteiger partial charge is 0.194 e. The molecule has 1 nitrogen and oxygen atoms in total. The molecule has 0 spiro atoms. The van der Waals surface area contributed by atoms with Crippen molar-refractivity contribution in [3.63, 3.8) is 0 Å². The second-order valence-corrected chi connectivity index (χ2v) is 8.14. The predicted molar refractivity (Wildman–Crippen MR) is 119 cm³/mol. The fourth-order valence-corrected chi connectivity index (χ4v) is 4.65. The highest BCUT2D eigenvalue weighted by molar-refractivity contribution is 6.21. The lowest BCUT2D eigenvalue weighted by Gasteiger charge is -2.20. The van der Waals surface area contributed by atoms with Gasteiger partial charge in [-0.05, 0) is 33.4 Å². The summed E-state index contributed by atoms with van der Waals surface area (Å²) in [6.07, 6.45) is 0. The zero-order chi connectivity index (χ0) is 20.0. The maximum atomic E-state index is 11.9. The van der Waals surface area contributed by atoms with Crippen LogP contribution in [0.25, 0.3) is 22.3 Å². The molecule has 2 aliphatic carbocycles. The summed E-state index contributed by atoms with van der Waals surface area (Å²) in [5.74, 6) is 0.149. The van der Waals surface area contributed by atoms with Crippen LogP contribution in [-0.2, 0) is 5.41 Å². The van der Waals surface area contributed by atoms with E-state index in [-0.39, 0.29) is 11.2 Å². The molecule has 140 valence electrons. The van der Waals surface area contributed by atoms with E-state index in [2.05, 4.69) is 62.4 Å². The molecule has 4 aromatic carbocycles. The van der Waals surface area contributed by atoms with Gasteiger partial charge in [0, 0.05) is 16.5 Å². The van der Waals surface area contributed by atoms with Crippen LogP contribution in [0, 0.1) is 0 Å². The minimum absolute atomic E-state index is 0.149. The standard InChI is InChI=1S/C15H14.C13H8O/c1-15(2)13-9-5-3-7-11(13)12-8-4-6-10-14(12)15;14-13-11-7-3-1-5-9(11)10-6-2-4-8-12(10)13/h3-10H,1-2H3;1-8H. The first-order chi connectivity index (χ1) is 14.1. The fourth-order valence-electron chi connectivity index (χ4n) is 4.65. The van der Waals surface area contributed by atoms with E-state index in [1.165, 1.54) is 22.3 Å². The molecule has 2 aliphatic rings. The Kier molecular flexibility index (Phi) is 3.99. The number of fused-ring (bicyclic) bond motifs is 6. The van der Waals surface area contributed by atoms with Crippen LogP contribution in [0.1, 0.15) is 40.9 Å². The van der Waals surface area contributed by atoms with E-state index < -0.39 is 0 Å². The Morgan fingerprint density at radius 1 is 0.448 bits per heavy atom. The molecular formula is C28H22O. The maximum absolute atomic E-state index is 11.9. The average Bonchev–Trinajstić information content (AvgIpc) is 3.19. The normalized spacial score (nSPS) is 14.2. The van der Waals surface area contributed by atoms with Gasteiger partial charge in [0.1, 0.15) is 0 Å². The number of benzene rings is 4. The van der Waals surface area contributed by atoms with Crippen LogP contribution < -0.4 is 0 Å². The van der Waals surface area contributed by atoms with Crippen molar-refractivity contribution in [2.75, 3.05) is 0 Å². The molecule has 6 rings (SSSR count). The third kappa shape index (κ3) is 2.66. The van der Waals surface area contributed by atoms with Crippen molar-refractivity contribution >= 4 is 5.78 Å². The molecule has 0 heterocycles. The van der Waals surface area contributed by atoms with E-state index in [4.69, 9.17) is 0 Å². The van der Waals surface area contributed by atoms with E-state index >= 15 is 0 Å². The maximum Gasteiger partial charge on any atom is 0.194 e. The lowest BCUT2D eigenvalue weighted by molar-refractivity contribution is 0.104. The number of hydrogen-bond acceptors (Lipinski definition) is 1. The second kappa shape index (κ2) is 6.56. The molecule has 1 heteroatoms. The fraction of sp³-hybridized carbons (Fsp3) is 0.107. The van der Waals surface area contributed by atoms with Crippen LogP contribution >= 0.6 is 0 Å². The van der Waals surface area contributed by atoms with Gasteiger partial charge >= 0.3 is 0 Å². The highest BCUT2D eigenvalue weighted by Crippen LogP contribution is 2.48. The third-order valence-electron chi connectivity index (χ3n) is 6.12. The van der Waals surface area contributed by atoms with Crippen molar-refractivity contribution in [3.05, 3.63) is 119 Å². The summed E-state index contributed by atoms with van der Waals surface area (Å²) in [4.78, 5) is 11.9. The SMILES string of the molecule is CC1(C)c2ccccc2-c2ccccc21.O=C1c2ccccc2-c2ccccc21. The number of hydrogen-bond donors (Lipinski definition) is 0. The van der Waals surface area contributed by atoms with Crippen molar-refractivity contribution in [1.82, 2.24) is 0 Å². The topological polar surface area (TPSA) is 17.1 Å². The van der Waals surface area contributed by atoms with Crippen LogP contribution in [0.2, 0.25) is 0 Å². The monoisotopic (exact) mass is 374 g/mol. The molecule has 0 fully saturated rings. The summed E-state index contributed by atoms with van der Waals surface area (Å²) < 4.78 is 0. The van der Waals surface area contributed by atoms with Crippen molar-refractivity contribution < 1.29 is 4.79 Å². The summed E-state index contributed by atoms with van der Waals surface area (Å²) >= 11 is 0. The molecule has 0 bridgehead atoms. The molecule has 0 saturated heterocycles. The molecule has 0 atom stereocenters. The first-order valence-electron chi connectivity index (χ1n) is 10.0. The Balaban J connectivity index is 0.000000125. The summed E-state index contributed by atoms with van der Waals surface area (Å²) in [6.45, 7) is 4.61. The summed E-state index contributed by atoms with van der Waals surface area (Å²) in [7, 11) is 0. The molecule has 0 aromatic heterocycles. The lowest BCUT2D eigenvalue weighted by Crippen LogP contribution is -2.14. The molecule has 0 amide bonds. The van der Waals surface area contributed by atoms with E-state index in [1.807, 2.05) is 48.5 Å². The van der Waals surface area contributed by atoms with Crippen molar-refractivity contribution in [2.24, 2.45) is 0 Å². The van der Waals surface area contributed by atoms with E-state index in [0.717, 1.165) is 22.3 Å². The quantitative estimate of drug-likeness (QED) is 0.288. The molecular weight excluding hydrogens is 352 g/mol. The minimum Gasteiger partial charge on any atom is -0.289 e. The van der Waals surface area contributed by atoms with Gasteiger partial charge in [-0.15, -0.1) is 0 Å². The van der Waals surface area contributed by atoms with Crippen LogP contribution in [0.4, 0.5) is 0 Å². The van der Waals surface area contributed by atoms with Gasteiger partial charge < -0.3 is 0 Å². The average molecular weight is 374 g/mol. The van der Waals surface area contributed by atoms with Gasteiger partial charge in [-0.1, -0.05) is 111 Å². The Morgan fingerprint density at radius 2 is 0.759 bits per heavy atom. The second-order valence-electron chi connectivity index (χ2n) is 8.14. The molecule has 0 aliphatic heterocycles. The Hall–Kier alpha value is -3.45. The van der Waals surface area contributed by atoms with Gasteiger partial charge in [-0.25, -0.2) is 0 Å². The predicted octanol–water partition coefficient (Wildman–Crippen LogP) is 6.89. The largest absolute Gasteiger partial charge is 0.289 e. The van der Waals surface area contributed by atoms with Gasteiger partial charge in [0.25, 0.3) is 0 Å². The minimum atomic E-state index is 0.149. The third-order valence-corrected chi connectivity index (χ3v) is 6.12. The van der Waals surface area contributed by atoms with Gasteiger partial charge in [0.2, 0.25) is 0 Å². The van der Waals surface area contributed by atoms with Gasteiger partial charge in [-0.2, -0.15) is 0 Å². The highest BCUT2D eigenvalue weighted by Gasteiger charge is 2.34. The van der Waals surface area contributed by atoms with E-state index in [1.54, 1.807) is 0 Å².